The van der Waals surface area contributed by atoms with Gasteiger partial charge >= 0.3 is 0 Å². The molecule has 4 rings (SSSR count). The van der Waals surface area contributed by atoms with Crippen molar-refractivity contribution in [3.63, 3.8) is 0 Å². The maximum absolute atomic E-state index is 12.8. The highest BCUT2D eigenvalue weighted by Crippen LogP contribution is 2.37. The average Bonchev–Trinajstić information content (AvgIpc) is 3.21. The van der Waals surface area contributed by atoms with Crippen LogP contribution in [0.3, 0.4) is 0 Å². The largest absolute Gasteiger partial charge is 0.497 e. The van der Waals surface area contributed by atoms with Crippen LogP contribution in [0.4, 0.5) is 11.4 Å². The summed E-state index contributed by atoms with van der Waals surface area (Å²) in [5.74, 6) is 0.732. The minimum Gasteiger partial charge on any atom is -0.497 e. The first-order chi connectivity index (χ1) is 14.3. The van der Waals surface area contributed by atoms with Gasteiger partial charge in [-0.25, -0.2) is 8.42 Å². The third kappa shape index (κ3) is 4.62. The Bertz CT molecular complexity index is 1070. The summed E-state index contributed by atoms with van der Waals surface area (Å²) in [6, 6.07) is 14.7. The van der Waals surface area contributed by atoms with Gasteiger partial charge in [-0.15, -0.1) is 0 Å². The molecule has 2 aromatic rings. The predicted octanol–water partition coefficient (Wildman–Crippen LogP) is 2.72. The minimum atomic E-state index is -3.04. The van der Waals surface area contributed by atoms with Crippen LogP contribution in [0, 0.1) is 6.92 Å². The SMILES string of the molecule is COc1ccc(N(CC(=O)Nc2ccc(C)cc2)C2=N[C@@H]3CS(=O)(=O)C[C@@H]3S2)cc1. The molecule has 2 aliphatic heterocycles. The van der Waals surface area contributed by atoms with Gasteiger partial charge in [-0.05, 0) is 43.3 Å². The van der Waals surface area contributed by atoms with Gasteiger partial charge in [-0.2, -0.15) is 0 Å². The zero-order valence-corrected chi connectivity index (χ0v) is 18.4. The van der Waals surface area contributed by atoms with Crippen LogP contribution < -0.4 is 15.0 Å². The normalized spacial score (nSPS) is 21.6. The molecular formula is C21H23N3O4S2. The van der Waals surface area contributed by atoms with Gasteiger partial charge in [0, 0.05) is 16.6 Å². The van der Waals surface area contributed by atoms with Crippen molar-refractivity contribution in [1.82, 2.24) is 0 Å². The van der Waals surface area contributed by atoms with Crippen molar-refractivity contribution in [2.24, 2.45) is 4.99 Å². The van der Waals surface area contributed by atoms with Crippen LogP contribution in [0.25, 0.3) is 0 Å². The number of nitrogens with zero attached hydrogens (tertiary/aromatic N) is 2. The van der Waals surface area contributed by atoms with Crippen LogP contribution in [-0.4, -0.2) is 55.9 Å². The molecule has 9 heteroatoms. The Morgan fingerprint density at radius 3 is 2.50 bits per heavy atom. The number of hydrogen-bond acceptors (Lipinski definition) is 7. The first-order valence-corrected chi connectivity index (χ1v) is 12.3. The second kappa shape index (κ2) is 8.31. The molecule has 2 aromatic carbocycles. The van der Waals surface area contributed by atoms with Crippen LogP contribution in [0.2, 0.25) is 0 Å². The van der Waals surface area contributed by atoms with Crippen LogP contribution >= 0.6 is 11.8 Å². The van der Waals surface area contributed by atoms with E-state index in [0.717, 1.165) is 16.9 Å². The Morgan fingerprint density at radius 1 is 1.17 bits per heavy atom. The Labute approximate surface area is 180 Å². The topological polar surface area (TPSA) is 88.1 Å². The summed E-state index contributed by atoms with van der Waals surface area (Å²) >= 11 is 1.43. The maximum atomic E-state index is 12.8. The van der Waals surface area contributed by atoms with Gasteiger partial charge < -0.3 is 15.0 Å². The van der Waals surface area contributed by atoms with Gasteiger partial charge in [0.15, 0.2) is 15.0 Å². The first-order valence-electron chi connectivity index (χ1n) is 9.56. The van der Waals surface area contributed by atoms with E-state index < -0.39 is 9.84 Å². The lowest BCUT2D eigenvalue weighted by Gasteiger charge is -2.24. The Hall–Kier alpha value is -2.52. The van der Waals surface area contributed by atoms with E-state index in [1.165, 1.54) is 11.8 Å². The van der Waals surface area contributed by atoms with Crippen molar-refractivity contribution in [3.05, 3.63) is 54.1 Å². The molecule has 30 heavy (non-hydrogen) atoms. The fourth-order valence-electron chi connectivity index (χ4n) is 3.48. The molecule has 0 unspecified atom stereocenters. The third-order valence-electron chi connectivity index (χ3n) is 5.06. The van der Waals surface area contributed by atoms with Gasteiger partial charge in [0.05, 0.1) is 24.7 Å². The second-order valence-corrected chi connectivity index (χ2v) is 10.8. The number of carbonyl (C=O) groups is 1. The zero-order valence-electron chi connectivity index (χ0n) is 16.7. The molecule has 7 nitrogen and oxygen atoms in total. The van der Waals surface area contributed by atoms with Crippen LogP contribution in [0.5, 0.6) is 5.75 Å². The monoisotopic (exact) mass is 445 g/mol. The number of amidine groups is 1. The van der Waals surface area contributed by atoms with Gasteiger partial charge in [0.2, 0.25) is 5.91 Å². The van der Waals surface area contributed by atoms with Gasteiger partial charge in [-0.3, -0.25) is 9.79 Å². The number of methoxy groups -OCH3 is 1. The van der Waals surface area contributed by atoms with Crippen LogP contribution in [0.1, 0.15) is 5.56 Å². The number of aryl methyl sites for hydroxylation is 1. The number of aliphatic imine (C=N–C) groups is 1. The molecule has 0 saturated carbocycles. The van der Waals surface area contributed by atoms with E-state index in [1.54, 1.807) is 7.11 Å². The van der Waals surface area contributed by atoms with E-state index in [-0.39, 0.29) is 35.2 Å². The predicted molar refractivity (Wildman–Crippen MR) is 121 cm³/mol. The number of thioether (sulfide) groups is 1. The molecule has 2 atom stereocenters. The molecule has 1 fully saturated rings. The van der Waals surface area contributed by atoms with Crippen molar-refractivity contribution in [2.45, 2.75) is 18.2 Å². The lowest BCUT2D eigenvalue weighted by atomic mass is 10.2. The minimum absolute atomic E-state index is 0.0677. The molecule has 1 amide bonds. The number of amides is 1. The van der Waals surface area contributed by atoms with E-state index in [0.29, 0.717) is 10.9 Å². The molecule has 1 N–H and O–H groups in total. The molecule has 2 aliphatic rings. The fourth-order valence-corrected chi connectivity index (χ4v) is 7.26. The summed E-state index contributed by atoms with van der Waals surface area (Å²) in [4.78, 5) is 19.3. The molecular weight excluding hydrogens is 422 g/mol. The number of carbonyl (C=O) groups excluding carboxylic acids is 1. The standard InChI is InChI=1S/C21H23N3O4S2/c1-14-3-5-15(6-4-14)22-20(25)11-24(16-7-9-17(28-2)10-8-16)21-23-18-12-30(26,27)13-19(18)29-21/h3-10,18-19H,11-13H2,1-2H3,(H,22,25)/t18-,19+/m1/s1. The summed E-state index contributed by atoms with van der Waals surface area (Å²) in [5, 5.41) is 3.49. The highest BCUT2D eigenvalue weighted by atomic mass is 32.2. The molecule has 158 valence electrons. The highest BCUT2D eigenvalue weighted by Gasteiger charge is 2.44. The van der Waals surface area contributed by atoms with Crippen molar-refractivity contribution >= 4 is 44.0 Å². The summed E-state index contributed by atoms with van der Waals surface area (Å²) in [7, 11) is -1.44. The average molecular weight is 446 g/mol. The van der Waals surface area contributed by atoms with Crippen molar-refractivity contribution in [2.75, 3.05) is 35.4 Å². The Balaban J connectivity index is 1.56. The molecule has 0 aromatic heterocycles. The lowest BCUT2D eigenvalue weighted by Crippen LogP contribution is -2.36. The number of hydrogen-bond donors (Lipinski definition) is 1. The van der Waals surface area contributed by atoms with E-state index >= 15 is 0 Å². The third-order valence-corrected chi connectivity index (χ3v) is 8.30. The maximum Gasteiger partial charge on any atom is 0.244 e. The summed E-state index contributed by atoms with van der Waals surface area (Å²) < 4.78 is 29.0. The van der Waals surface area contributed by atoms with Crippen molar-refractivity contribution < 1.29 is 17.9 Å². The Kier molecular flexibility index (Phi) is 5.75. The number of rotatable bonds is 5. The number of nitrogens with one attached hydrogen (secondary N) is 1. The van der Waals surface area contributed by atoms with Gasteiger partial charge in [0.25, 0.3) is 0 Å². The van der Waals surface area contributed by atoms with E-state index in [2.05, 4.69) is 10.3 Å². The smallest absolute Gasteiger partial charge is 0.244 e. The summed E-state index contributed by atoms with van der Waals surface area (Å²) in [6.07, 6.45) is 0. The number of benzene rings is 2. The van der Waals surface area contributed by atoms with E-state index in [1.807, 2.05) is 60.4 Å². The van der Waals surface area contributed by atoms with Gasteiger partial charge in [-0.1, -0.05) is 29.5 Å². The molecule has 0 spiro atoms. The first kappa shape index (κ1) is 20.7. The number of sulfone groups is 1. The number of anilines is 2. The molecule has 0 aliphatic carbocycles. The quantitative estimate of drug-likeness (QED) is 0.761. The number of fused-ring (bicyclic) bond motifs is 1. The number of ether oxygens (including phenoxy) is 1. The summed E-state index contributed by atoms with van der Waals surface area (Å²) in [6.45, 7) is 2.06. The molecule has 0 bridgehead atoms. The van der Waals surface area contributed by atoms with Crippen molar-refractivity contribution in [3.8, 4) is 5.75 Å². The highest BCUT2D eigenvalue weighted by molar-refractivity contribution is 8.15. The van der Waals surface area contributed by atoms with E-state index in [9.17, 15) is 13.2 Å². The van der Waals surface area contributed by atoms with Crippen LogP contribution in [0.15, 0.2) is 53.5 Å². The molecule has 2 heterocycles. The zero-order chi connectivity index (χ0) is 21.3. The molecule has 1 saturated heterocycles. The fraction of sp³-hybridized carbons (Fsp3) is 0.333. The Morgan fingerprint density at radius 2 is 1.87 bits per heavy atom. The summed E-state index contributed by atoms with van der Waals surface area (Å²) in [5.41, 5.74) is 2.64. The van der Waals surface area contributed by atoms with Crippen molar-refractivity contribution in [1.29, 1.82) is 0 Å². The lowest BCUT2D eigenvalue weighted by molar-refractivity contribution is -0.114. The van der Waals surface area contributed by atoms with Crippen LogP contribution in [-0.2, 0) is 14.6 Å². The van der Waals surface area contributed by atoms with Gasteiger partial charge in [0.1, 0.15) is 12.3 Å². The molecule has 0 radical (unpaired) electrons. The second-order valence-electron chi connectivity index (χ2n) is 7.41. The van der Waals surface area contributed by atoms with E-state index in [4.69, 9.17) is 4.74 Å².